The number of anilines is 1. The second-order valence-electron chi connectivity index (χ2n) is 4.82. The second kappa shape index (κ2) is 6.27. The summed E-state index contributed by atoms with van der Waals surface area (Å²) < 4.78 is 18.1. The van der Waals surface area contributed by atoms with Gasteiger partial charge in [0.25, 0.3) is 5.91 Å². The second-order valence-corrected chi connectivity index (χ2v) is 4.82. The van der Waals surface area contributed by atoms with Crippen LogP contribution in [-0.4, -0.2) is 16.0 Å². The van der Waals surface area contributed by atoms with Crippen LogP contribution in [-0.2, 0) is 6.54 Å². The van der Waals surface area contributed by atoms with Gasteiger partial charge in [0.2, 0.25) is 5.88 Å². The van der Waals surface area contributed by atoms with Gasteiger partial charge < -0.3 is 15.6 Å². The van der Waals surface area contributed by atoms with E-state index in [1.54, 1.807) is 36.7 Å². The molecule has 116 valence electrons. The van der Waals surface area contributed by atoms with Crippen molar-refractivity contribution in [2.75, 3.05) is 5.73 Å². The monoisotopic (exact) mass is 312 g/mol. The maximum Gasteiger partial charge on any atom is 0.259 e. The highest BCUT2D eigenvalue weighted by atomic mass is 19.1. The molecule has 2 heterocycles. The Kier molecular flexibility index (Phi) is 4.01. The molecule has 0 bridgehead atoms. The Hall–Kier alpha value is -3.22. The van der Waals surface area contributed by atoms with Gasteiger partial charge in [-0.25, -0.2) is 4.39 Å². The van der Waals surface area contributed by atoms with Crippen molar-refractivity contribution in [2.45, 2.75) is 6.54 Å². The van der Waals surface area contributed by atoms with Crippen LogP contribution in [0.5, 0.6) is 0 Å². The number of carbonyl (C=O) groups is 1. The van der Waals surface area contributed by atoms with Crippen LogP contribution in [0, 0.1) is 5.82 Å². The number of amides is 1. The first kappa shape index (κ1) is 14.7. The maximum absolute atomic E-state index is 13.1. The fourth-order valence-electron chi connectivity index (χ4n) is 2.14. The van der Waals surface area contributed by atoms with Crippen molar-refractivity contribution in [1.82, 2.24) is 15.5 Å². The summed E-state index contributed by atoms with van der Waals surface area (Å²) in [7, 11) is 0. The summed E-state index contributed by atoms with van der Waals surface area (Å²) >= 11 is 0. The van der Waals surface area contributed by atoms with Crippen LogP contribution < -0.4 is 11.1 Å². The van der Waals surface area contributed by atoms with E-state index in [-0.39, 0.29) is 23.8 Å². The van der Waals surface area contributed by atoms with Crippen molar-refractivity contribution >= 4 is 11.8 Å². The summed E-state index contributed by atoms with van der Waals surface area (Å²) in [5.41, 5.74) is 7.40. The first-order valence-electron chi connectivity index (χ1n) is 6.83. The summed E-state index contributed by atoms with van der Waals surface area (Å²) in [6.45, 7) is 0.160. The number of nitrogens with two attached hydrogens (primary N) is 1. The Bertz CT molecular complexity index is 833. The lowest BCUT2D eigenvalue weighted by atomic mass is 10.1. The third-order valence-corrected chi connectivity index (χ3v) is 3.22. The molecule has 0 aliphatic rings. The predicted octanol–water partition coefficient (Wildman–Crippen LogP) is 2.39. The van der Waals surface area contributed by atoms with Gasteiger partial charge in [0.1, 0.15) is 17.1 Å². The number of nitrogens with zero attached hydrogens (tertiary/aromatic N) is 2. The molecule has 1 amide bonds. The molecule has 0 radical (unpaired) electrons. The number of nitrogen functional groups attached to an aromatic ring is 1. The number of halogens is 1. The fourth-order valence-corrected chi connectivity index (χ4v) is 2.14. The Morgan fingerprint density at radius 3 is 2.91 bits per heavy atom. The number of carbonyl (C=O) groups excluding carboxylic acids is 1. The van der Waals surface area contributed by atoms with Crippen LogP contribution in [0.25, 0.3) is 11.3 Å². The van der Waals surface area contributed by atoms with Gasteiger partial charge in [0, 0.05) is 24.5 Å². The third kappa shape index (κ3) is 3.18. The molecular formula is C16H13FN4O2. The molecule has 3 aromatic rings. The van der Waals surface area contributed by atoms with E-state index >= 15 is 0 Å². The smallest absolute Gasteiger partial charge is 0.259 e. The molecule has 23 heavy (non-hydrogen) atoms. The van der Waals surface area contributed by atoms with E-state index in [1.165, 1.54) is 12.1 Å². The zero-order chi connectivity index (χ0) is 16.2. The topological polar surface area (TPSA) is 94.0 Å². The molecule has 0 saturated carbocycles. The molecule has 2 aromatic heterocycles. The van der Waals surface area contributed by atoms with Crippen molar-refractivity contribution in [3.8, 4) is 11.3 Å². The van der Waals surface area contributed by atoms with Gasteiger partial charge in [-0.05, 0) is 29.8 Å². The minimum absolute atomic E-state index is 0.0828. The van der Waals surface area contributed by atoms with Gasteiger partial charge in [-0.1, -0.05) is 17.3 Å². The van der Waals surface area contributed by atoms with Crippen molar-refractivity contribution in [3.63, 3.8) is 0 Å². The Balaban J connectivity index is 1.81. The summed E-state index contributed by atoms with van der Waals surface area (Å²) in [6.07, 6.45) is 3.16. The zero-order valence-electron chi connectivity index (χ0n) is 12.0. The molecule has 0 unspecified atom stereocenters. The van der Waals surface area contributed by atoms with Crippen molar-refractivity contribution < 1.29 is 13.7 Å². The van der Waals surface area contributed by atoms with Crippen LogP contribution in [0.15, 0.2) is 53.3 Å². The van der Waals surface area contributed by atoms with Gasteiger partial charge in [-0.2, -0.15) is 0 Å². The standard InChI is InChI=1S/C16H13FN4O2/c17-12-5-1-3-10(7-12)8-20-16(22)13-14(21-23-15(13)18)11-4-2-6-19-9-11/h1-7,9H,8,18H2,(H,20,22). The van der Waals surface area contributed by atoms with E-state index in [2.05, 4.69) is 15.5 Å². The van der Waals surface area contributed by atoms with Gasteiger partial charge in [0.05, 0.1) is 0 Å². The van der Waals surface area contributed by atoms with Gasteiger partial charge in [-0.3, -0.25) is 9.78 Å². The molecule has 0 fully saturated rings. The Morgan fingerprint density at radius 1 is 1.30 bits per heavy atom. The molecule has 6 nitrogen and oxygen atoms in total. The van der Waals surface area contributed by atoms with E-state index in [4.69, 9.17) is 10.3 Å². The highest BCUT2D eigenvalue weighted by molar-refractivity contribution is 6.03. The predicted molar refractivity (Wildman–Crippen MR) is 81.7 cm³/mol. The Labute approximate surface area is 131 Å². The molecule has 3 N–H and O–H groups in total. The number of aromatic nitrogens is 2. The fraction of sp³-hybridized carbons (Fsp3) is 0.0625. The molecular weight excluding hydrogens is 299 g/mol. The molecule has 3 rings (SSSR count). The van der Waals surface area contributed by atoms with E-state index in [0.29, 0.717) is 16.8 Å². The molecule has 0 aliphatic heterocycles. The average Bonchev–Trinajstić information content (AvgIpc) is 2.95. The van der Waals surface area contributed by atoms with Crippen LogP contribution in [0.3, 0.4) is 0 Å². The Morgan fingerprint density at radius 2 is 2.17 bits per heavy atom. The summed E-state index contributed by atoms with van der Waals surface area (Å²) in [4.78, 5) is 16.4. The van der Waals surface area contributed by atoms with E-state index < -0.39 is 5.91 Å². The number of pyridine rings is 1. The highest BCUT2D eigenvalue weighted by Gasteiger charge is 2.22. The van der Waals surface area contributed by atoms with Crippen molar-refractivity contribution in [2.24, 2.45) is 0 Å². The third-order valence-electron chi connectivity index (χ3n) is 3.22. The number of rotatable bonds is 4. The van der Waals surface area contributed by atoms with Gasteiger partial charge in [0.15, 0.2) is 0 Å². The van der Waals surface area contributed by atoms with E-state index in [0.717, 1.165) is 0 Å². The number of hydrogen-bond donors (Lipinski definition) is 2. The van der Waals surface area contributed by atoms with Crippen LogP contribution in [0.4, 0.5) is 10.3 Å². The highest BCUT2D eigenvalue weighted by Crippen LogP contribution is 2.26. The largest absolute Gasteiger partial charge is 0.367 e. The minimum Gasteiger partial charge on any atom is -0.367 e. The molecule has 1 aromatic carbocycles. The van der Waals surface area contributed by atoms with Crippen molar-refractivity contribution in [3.05, 3.63) is 65.7 Å². The molecule has 7 heteroatoms. The number of benzene rings is 1. The lowest BCUT2D eigenvalue weighted by Gasteiger charge is -2.06. The summed E-state index contributed by atoms with van der Waals surface area (Å²) in [5.74, 6) is -0.898. The SMILES string of the molecule is Nc1onc(-c2cccnc2)c1C(=O)NCc1cccc(F)c1. The van der Waals surface area contributed by atoms with Crippen LogP contribution >= 0.6 is 0 Å². The molecule has 0 spiro atoms. The minimum atomic E-state index is -0.452. The lowest BCUT2D eigenvalue weighted by Crippen LogP contribution is -2.23. The molecule has 0 saturated heterocycles. The zero-order valence-corrected chi connectivity index (χ0v) is 12.0. The molecule has 0 aliphatic carbocycles. The average molecular weight is 312 g/mol. The normalized spacial score (nSPS) is 10.5. The summed E-state index contributed by atoms with van der Waals surface area (Å²) in [5, 5.41) is 6.49. The lowest BCUT2D eigenvalue weighted by molar-refractivity contribution is 0.0952. The first-order valence-corrected chi connectivity index (χ1v) is 6.83. The number of nitrogens with one attached hydrogen (secondary N) is 1. The molecule has 0 atom stereocenters. The van der Waals surface area contributed by atoms with Gasteiger partial charge >= 0.3 is 0 Å². The van der Waals surface area contributed by atoms with E-state index in [9.17, 15) is 9.18 Å². The van der Waals surface area contributed by atoms with Crippen LogP contribution in [0.2, 0.25) is 0 Å². The van der Waals surface area contributed by atoms with Crippen LogP contribution in [0.1, 0.15) is 15.9 Å². The number of hydrogen-bond acceptors (Lipinski definition) is 5. The van der Waals surface area contributed by atoms with Gasteiger partial charge in [-0.15, -0.1) is 0 Å². The van der Waals surface area contributed by atoms with Crippen molar-refractivity contribution in [1.29, 1.82) is 0 Å². The summed E-state index contributed by atoms with van der Waals surface area (Å²) in [6, 6.07) is 9.43. The quantitative estimate of drug-likeness (QED) is 0.771. The maximum atomic E-state index is 13.1. The van der Waals surface area contributed by atoms with E-state index in [1.807, 2.05) is 0 Å². The first-order chi connectivity index (χ1) is 11.1.